The number of anilines is 1. The van der Waals surface area contributed by atoms with Crippen LogP contribution in [0.25, 0.3) is 0 Å². The molecule has 2 rings (SSSR count). The van der Waals surface area contributed by atoms with Crippen LogP contribution in [0.15, 0.2) is 54.6 Å². The minimum Gasteiger partial charge on any atom is -0.489 e. The van der Waals surface area contributed by atoms with E-state index in [0.717, 1.165) is 17.6 Å². The lowest BCUT2D eigenvalue weighted by Gasteiger charge is -2.12. The molecule has 0 aliphatic rings. The maximum absolute atomic E-state index is 12.0. The van der Waals surface area contributed by atoms with Gasteiger partial charge in [-0.25, -0.2) is 8.42 Å². The van der Waals surface area contributed by atoms with E-state index in [1.807, 2.05) is 42.5 Å². The van der Waals surface area contributed by atoms with Crippen LogP contribution in [0.2, 0.25) is 0 Å². The fourth-order valence-corrected chi connectivity index (χ4v) is 2.76. The van der Waals surface area contributed by atoms with Crippen LogP contribution in [0.4, 0.5) is 5.69 Å². The number of nitrogens with one attached hydrogen (secondary N) is 1. The van der Waals surface area contributed by atoms with Crippen molar-refractivity contribution in [2.75, 3.05) is 17.3 Å². The Hall–Kier alpha value is -2.09. The molecular weight excluding hydrogens is 376 g/mol. The first-order valence-electron chi connectivity index (χ1n) is 7.84. The molecule has 0 radical (unpaired) electrons. The summed E-state index contributed by atoms with van der Waals surface area (Å²) < 4.78 is 27.9. The van der Waals surface area contributed by atoms with Crippen LogP contribution in [0.5, 0.6) is 5.75 Å². The molecule has 8 heteroatoms. The molecule has 142 valence electrons. The van der Waals surface area contributed by atoms with Gasteiger partial charge in [0.15, 0.2) is 0 Å². The van der Waals surface area contributed by atoms with Gasteiger partial charge in [0.25, 0.3) is 0 Å². The van der Waals surface area contributed by atoms with Crippen molar-refractivity contribution >= 4 is 33.8 Å². The molecule has 1 amide bonds. The average molecular weight is 399 g/mol. The molecule has 1 atom stereocenters. The number of para-hydroxylation sites is 1. The van der Waals surface area contributed by atoms with Gasteiger partial charge in [-0.2, -0.15) is 0 Å². The van der Waals surface area contributed by atoms with Crippen molar-refractivity contribution in [2.24, 2.45) is 5.73 Å². The van der Waals surface area contributed by atoms with Crippen molar-refractivity contribution < 1.29 is 17.9 Å². The molecule has 2 aromatic rings. The second kappa shape index (κ2) is 10.2. The number of hydrogen-bond acceptors (Lipinski definition) is 5. The number of amides is 1. The van der Waals surface area contributed by atoms with Gasteiger partial charge in [-0.3, -0.25) is 4.79 Å². The highest BCUT2D eigenvalue weighted by Gasteiger charge is 2.16. The third-order valence-corrected chi connectivity index (χ3v) is 4.48. The Balaban J connectivity index is 0.00000338. The average Bonchev–Trinajstić information content (AvgIpc) is 2.59. The van der Waals surface area contributed by atoms with Gasteiger partial charge in [-0.15, -0.1) is 12.4 Å². The van der Waals surface area contributed by atoms with E-state index in [4.69, 9.17) is 10.5 Å². The molecule has 0 heterocycles. The molecule has 3 N–H and O–H groups in total. The van der Waals surface area contributed by atoms with Gasteiger partial charge in [0, 0.05) is 11.9 Å². The van der Waals surface area contributed by atoms with Gasteiger partial charge in [-0.05, 0) is 36.2 Å². The Kier molecular flexibility index (Phi) is 8.57. The monoisotopic (exact) mass is 398 g/mol. The summed E-state index contributed by atoms with van der Waals surface area (Å²) >= 11 is 0. The number of sulfone groups is 1. The van der Waals surface area contributed by atoms with Crippen molar-refractivity contribution in [3.63, 3.8) is 0 Å². The predicted octanol–water partition coefficient (Wildman–Crippen LogP) is 2.39. The molecule has 2 aromatic carbocycles. The number of halogens is 1. The second-order valence-electron chi connectivity index (χ2n) is 5.81. The number of hydrogen-bond donors (Lipinski definition) is 2. The SMILES string of the molecule is CS(=O)(=O)CCC(N)C(=O)Nc1ccc(COc2ccccc2)cc1.Cl. The highest BCUT2D eigenvalue weighted by atomic mass is 35.5. The zero-order chi connectivity index (χ0) is 18.3. The first-order chi connectivity index (χ1) is 11.8. The Bertz CT molecular complexity index is 796. The van der Waals surface area contributed by atoms with Gasteiger partial charge in [-0.1, -0.05) is 30.3 Å². The fraction of sp³-hybridized carbons (Fsp3) is 0.278. The summed E-state index contributed by atoms with van der Waals surface area (Å²) in [5, 5.41) is 2.68. The number of nitrogens with two attached hydrogens (primary N) is 1. The van der Waals surface area contributed by atoms with Crippen LogP contribution in [-0.2, 0) is 21.2 Å². The van der Waals surface area contributed by atoms with Crippen molar-refractivity contribution in [1.29, 1.82) is 0 Å². The lowest BCUT2D eigenvalue weighted by atomic mass is 10.2. The molecule has 0 fully saturated rings. The Morgan fingerprint density at radius 3 is 2.31 bits per heavy atom. The molecule has 0 bridgehead atoms. The molecule has 0 aliphatic heterocycles. The van der Waals surface area contributed by atoms with Crippen molar-refractivity contribution in [3.8, 4) is 5.75 Å². The maximum atomic E-state index is 12.0. The summed E-state index contributed by atoms with van der Waals surface area (Å²) in [6.45, 7) is 0.423. The van der Waals surface area contributed by atoms with Gasteiger partial charge in [0.05, 0.1) is 11.8 Å². The lowest BCUT2D eigenvalue weighted by Crippen LogP contribution is -2.37. The van der Waals surface area contributed by atoms with Crippen LogP contribution in [0.3, 0.4) is 0 Å². The Morgan fingerprint density at radius 1 is 1.12 bits per heavy atom. The smallest absolute Gasteiger partial charge is 0.241 e. The van der Waals surface area contributed by atoms with E-state index < -0.39 is 21.8 Å². The maximum Gasteiger partial charge on any atom is 0.241 e. The largest absolute Gasteiger partial charge is 0.489 e. The molecule has 0 aliphatic carbocycles. The summed E-state index contributed by atoms with van der Waals surface area (Å²) in [6, 6.07) is 15.8. The standard InChI is InChI=1S/C18H22N2O4S.ClH/c1-25(22,23)12-11-17(19)18(21)20-15-9-7-14(8-10-15)13-24-16-5-3-2-4-6-16;/h2-10,17H,11-13,19H2,1H3,(H,20,21);1H. The van der Waals surface area contributed by atoms with Gasteiger partial charge in [0.2, 0.25) is 5.91 Å². The number of carbonyl (C=O) groups is 1. The topological polar surface area (TPSA) is 98.5 Å². The van der Waals surface area contributed by atoms with Crippen molar-refractivity contribution in [1.82, 2.24) is 0 Å². The van der Waals surface area contributed by atoms with Crippen molar-refractivity contribution in [3.05, 3.63) is 60.2 Å². The quantitative estimate of drug-likeness (QED) is 0.711. The van der Waals surface area contributed by atoms with E-state index in [2.05, 4.69) is 5.32 Å². The number of rotatable bonds is 8. The zero-order valence-electron chi connectivity index (χ0n) is 14.4. The molecular formula is C18H23ClN2O4S. The van der Waals surface area contributed by atoms with E-state index in [9.17, 15) is 13.2 Å². The first-order valence-corrected chi connectivity index (χ1v) is 9.90. The molecule has 0 aromatic heterocycles. The van der Waals surface area contributed by atoms with E-state index in [-0.39, 0.29) is 24.6 Å². The third-order valence-electron chi connectivity index (χ3n) is 3.51. The first kappa shape index (κ1) is 22.0. The highest BCUT2D eigenvalue weighted by Crippen LogP contribution is 2.14. The Labute approximate surface area is 160 Å². The molecule has 6 nitrogen and oxygen atoms in total. The molecule has 0 saturated heterocycles. The summed E-state index contributed by atoms with van der Waals surface area (Å²) in [4.78, 5) is 12.0. The second-order valence-corrected chi connectivity index (χ2v) is 8.07. The zero-order valence-corrected chi connectivity index (χ0v) is 16.1. The van der Waals surface area contributed by atoms with Crippen LogP contribution in [-0.4, -0.2) is 32.4 Å². The lowest BCUT2D eigenvalue weighted by molar-refractivity contribution is -0.117. The van der Waals surface area contributed by atoms with Gasteiger partial charge >= 0.3 is 0 Å². The molecule has 1 unspecified atom stereocenters. The number of benzene rings is 2. The van der Waals surface area contributed by atoms with Gasteiger partial charge in [0.1, 0.15) is 22.2 Å². The molecule has 0 saturated carbocycles. The summed E-state index contributed by atoms with van der Waals surface area (Å²) in [7, 11) is -3.13. The predicted molar refractivity (Wildman–Crippen MR) is 105 cm³/mol. The van der Waals surface area contributed by atoms with E-state index >= 15 is 0 Å². The highest BCUT2D eigenvalue weighted by molar-refractivity contribution is 7.90. The Morgan fingerprint density at radius 2 is 1.73 bits per heavy atom. The molecule has 26 heavy (non-hydrogen) atoms. The van der Waals surface area contributed by atoms with E-state index in [0.29, 0.717) is 12.3 Å². The summed E-state index contributed by atoms with van der Waals surface area (Å²) in [5.74, 6) is 0.269. The third kappa shape index (κ3) is 7.86. The minimum atomic E-state index is -3.13. The van der Waals surface area contributed by atoms with Crippen LogP contribution in [0, 0.1) is 0 Å². The fourth-order valence-electron chi connectivity index (χ4n) is 2.07. The normalized spacial score (nSPS) is 11.9. The number of carbonyl (C=O) groups excluding carboxylic acids is 1. The summed E-state index contributed by atoms with van der Waals surface area (Å²) in [5.41, 5.74) is 7.28. The van der Waals surface area contributed by atoms with Gasteiger partial charge < -0.3 is 15.8 Å². The van der Waals surface area contributed by atoms with Crippen LogP contribution >= 0.6 is 12.4 Å². The van der Waals surface area contributed by atoms with Crippen molar-refractivity contribution in [2.45, 2.75) is 19.1 Å². The van der Waals surface area contributed by atoms with E-state index in [1.54, 1.807) is 12.1 Å². The van der Waals surface area contributed by atoms with Crippen LogP contribution in [0.1, 0.15) is 12.0 Å². The van der Waals surface area contributed by atoms with E-state index in [1.165, 1.54) is 0 Å². The summed E-state index contributed by atoms with van der Waals surface area (Å²) in [6.07, 6.45) is 1.21. The number of ether oxygens (including phenoxy) is 1. The molecule has 0 spiro atoms. The minimum absolute atomic E-state index is 0. The van der Waals surface area contributed by atoms with Crippen LogP contribution < -0.4 is 15.8 Å².